The van der Waals surface area contributed by atoms with Crippen molar-refractivity contribution in [2.75, 3.05) is 14.2 Å². The second-order valence-corrected chi connectivity index (χ2v) is 13.0. The minimum atomic E-state index is -0.947. The Morgan fingerprint density at radius 3 is 2.44 bits per heavy atom. The summed E-state index contributed by atoms with van der Waals surface area (Å²) >= 11 is 0. The lowest BCUT2D eigenvalue weighted by molar-refractivity contribution is -0.125. The molecule has 0 radical (unpaired) electrons. The third-order valence-electron chi connectivity index (χ3n) is 9.66. The van der Waals surface area contributed by atoms with Gasteiger partial charge in [0.25, 0.3) is 0 Å². The number of rotatable bonds is 16. The van der Waals surface area contributed by atoms with Crippen molar-refractivity contribution in [2.24, 2.45) is 16.8 Å². The molecule has 5 aromatic rings. The van der Waals surface area contributed by atoms with Crippen molar-refractivity contribution in [1.29, 1.82) is 0 Å². The van der Waals surface area contributed by atoms with Crippen molar-refractivity contribution < 1.29 is 29.6 Å². The molecule has 3 atom stereocenters. The van der Waals surface area contributed by atoms with Crippen LogP contribution in [0.3, 0.4) is 0 Å². The number of Topliss-reactive ketones (excluding diaryl/α,β-unsaturated/α-hetero) is 1. The van der Waals surface area contributed by atoms with Crippen LogP contribution in [0, 0.1) is 18.4 Å². The molecule has 50 heavy (non-hydrogen) atoms. The highest BCUT2D eigenvalue weighted by molar-refractivity contribution is 5.87. The summed E-state index contributed by atoms with van der Waals surface area (Å²) in [6.07, 6.45) is 8.87. The average Bonchev–Trinajstić information content (AvgIpc) is 3.84. The Labute approximate surface area is 292 Å². The van der Waals surface area contributed by atoms with Crippen molar-refractivity contribution in [2.45, 2.75) is 44.6 Å². The number of hydrogen-bond acceptors (Lipinski definition) is 7. The van der Waals surface area contributed by atoms with E-state index < -0.39 is 12.0 Å². The fourth-order valence-corrected chi connectivity index (χ4v) is 7.02. The van der Waals surface area contributed by atoms with Gasteiger partial charge in [-0.1, -0.05) is 54.6 Å². The zero-order valence-electron chi connectivity index (χ0n) is 28.4. The van der Waals surface area contributed by atoms with Crippen LogP contribution in [0.4, 0.5) is 0 Å². The maximum atomic E-state index is 14.1. The first-order valence-electron chi connectivity index (χ1n) is 16.9. The number of carbonyl (C=O) groups excluding carboxylic acids is 1. The lowest BCUT2D eigenvalue weighted by Crippen LogP contribution is -2.31. The molecule has 0 amide bonds. The summed E-state index contributed by atoms with van der Waals surface area (Å²) in [5, 5.41) is 35.2. The van der Waals surface area contributed by atoms with E-state index in [1.807, 2.05) is 48.8 Å². The smallest absolute Gasteiger partial charge is 0.176 e. The number of phenolic OH excluding ortho intramolecular Hbond substituents is 2. The van der Waals surface area contributed by atoms with Crippen LogP contribution in [0.1, 0.15) is 40.7 Å². The van der Waals surface area contributed by atoms with Crippen molar-refractivity contribution in [3.63, 3.8) is 0 Å². The van der Waals surface area contributed by atoms with Gasteiger partial charge in [0.05, 0.1) is 26.4 Å². The van der Waals surface area contributed by atoms with Crippen molar-refractivity contribution >= 4 is 22.8 Å². The number of ketones is 1. The Morgan fingerprint density at radius 2 is 1.68 bits per heavy atom. The van der Waals surface area contributed by atoms with Gasteiger partial charge in [0, 0.05) is 43.1 Å². The van der Waals surface area contributed by atoms with E-state index in [0.717, 1.165) is 44.2 Å². The van der Waals surface area contributed by atoms with Crippen LogP contribution in [0.5, 0.6) is 23.0 Å². The number of aliphatic hydroxyl groups is 1. The Balaban J connectivity index is 1.29. The van der Waals surface area contributed by atoms with Crippen molar-refractivity contribution in [1.82, 2.24) is 4.98 Å². The summed E-state index contributed by atoms with van der Waals surface area (Å²) in [7, 11) is 3.05. The van der Waals surface area contributed by atoms with E-state index in [4.69, 9.17) is 9.47 Å². The van der Waals surface area contributed by atoms with E-state index in [1.54, 1.807) is 44.1 Å². The quantitative estimate of drug-likeness (QED) is 0.0815. The van der Waals surface area contributed by atoms with Gasteiger partial charge in [-0.25, -0.2) is 0 Å². The summed E-state index contributed by atoms with van der Waals surface area (Å²) < 4.78 is 11.1. The van der Waals surface area contributed by atoms with Crippen LogP contribution >= 0.6 is 0 Å². The number of benzene rings is 4. The molecule has 4 N–H and O–H groups in total. The van der Waals surface area contributed by atoms with E-state index >= 15 is 0 Å². The second kappa shape index (κ2) is 15.8. The molecule has 8 nitrogen and oxygen atoms in total. The molecular weight excluding hydrogens is 628 g/mol. The van der Waals surface area contributed by atoms with Crippen LogP contribution < -0.4 is 9.47 Å². The van der Waals surface area contributed by atoms with E-state index in [-0.39, 0.29) is 29.6 Å². The molecule has 0 aliphatic carbocycles. The lowest BCUT2D eigenvalue weighted by atomic mass is 9.81. The third kappa shape index (κ3) is 8.04. The molecule has 0 saturated heterocycles. The third-order valence-corrected chi connectivity index (χ3v) is 9.66. The molecule has 2 heterocycles. The summed E-state index contributed by atoms with van der Waals surface area (Å²) in [6.45, 7) is 1.71. The van der Waals surface area contributed by atoms with Gasteiger partial charge in [0.2, 0.25) is 0 Å². The van der Waals surface area contributed by atoms with Crippen molar-refractivity contribution in [3.8, 4) is 23.0 Å². The largest absolute Gasteiger partial charge is 0.504 e. The average molecular weight is 672 g/mol. The van der Waals surface area contributed by atoms with Gasteiger partial charge in [-0.2, -0.15) is 0 Å². The minimum absolute atomic E-state index is 0.0308. The Hall–Kier alpha value is -5.47. The number of allylic oxidation sites excluding steroid dienone is 1. The van der Waals surface area contributed by atoms with E-state index in [1.165, 1.54) is 7.11 Å². The maximum absolute atomic E-state index is 14.1. The number of aromatic nitrogens is 1. The minimum Gasteiger partial charge on any atom is -0.504 e. The number of H-pyrrole nitrogens is 1. The number of phenols is 2. The number of aromatic hydroxyl groups is 2. The summed E-state index contributed by atoms with van der Waals surface area (Å²) in [5.74, 6) is 0.0576. The number of nitrogens with zero attached hydrogens (tertiary/aromatic N) is 1. The molecule has 4 aromatic carbocycles. The predicted octanol–water partition coefficient (Wildman–Crippen LogP) is 7.33. The van der Waals surface area contributed by atoms with Gasteiger partial charge in [0.15, 0.2) is 29.2 Å². The van der Waals surface area contributed by atoms with Crippen LogP contribution in [-0.2, 0) is 30.5 Å². The zero-order chi connectivity index (χ0) is 35.0. The van der Waals surface area contributed by atoms with Crippen LogP contribution in [0.25, 0.3) is 10.8 Å². The Morgan fingerprint density at radius 1 is 0.860 bits per heavy atom. The number of methoxy groups -OCH3 is 2. The Bertz CT molecular complexity index is 1990. The van der Waals surface area contributed by atoms with Gasteiger partial charge >= 0.3 is 0 Å². The number of nitrogens with one attached hydrogen (secondary N) is 1. The molecule has 1 aliphatic heterocycles. The number of ether oxygens (including phenoxy) is 2. The topological polar surface area (TPSA) is 124 Å². The zero-order valence-corrected chi connectivity index (χ0v) is 28.4. The fraction of sp³-hybridized carbons (Fsp3) is 0.262. The van der Waals surface area contributed by atoms with Gasteiger partial charge in [-0.15, -0.1) is 4.99 Å². The first-order chi connectivity index (χ1) is 24.3. The predicted molar refractivity (Wildman–Crippen MR) is 196 cm³/mol. The van der Waals surface area contributed by atoms with Gasteiger partial charge in [0.1, 0.15) is 17.9 Å². The van der Waals surface area contributed by atoms with Gasteiger partial charge < -0.3 is 29.8 Å². The lowest BCUT2D eigenvalue weighted by Gasteiger charge is -2.26. The molecule has 0 fully saturated rings. The molecule has 1 aliphatic rings. The van der Waals surface area contributed by atoms with Crippen LogP contribution in [0.2, 0.25) is 0 Å². The highest BCUT2D eigenvalue weighted by atomic mass is 16.5. The standard InChI is InChI=1S/C42H42N2O6/c1-49-41-21-27(10-12-37(41)45)18-33(19-28-14-16-43-25-28)39(47)24-40(48)34(20-29-15-17-44-26-29)22-32-11-13-38(46)42(50-2)36(32)23-31-8-5-7-30-6-3-4-9-35(30)31/h3-17,21,25-26,33-34,40,44,48H,18-20,22-24H2,1-2H3,(H-,45,46)/p+1. The molecule has 0 saturated carbocycles. The van der Waals surface area contributed by atoms with Crippen LogP contribution in [0.15, 0.2) is 108 Å². The SMILES string of the molecule is COc1cc(CC(CC2=C[CH+]N=C2)C(=O)CC(O)C(Cc2cc[nH]c2)Cc2ccc(O)c(OC)c2Cc2cccc3ccccc23)ccc1O. The normalized spacial score (nSPS) is 14.2. The molecular formula is C42H43N2O6+. The Kier molecular flexibility index (Phi) is 10.9. The molecule has 1 aromatic heterocycles. The molecule has 0 bridgehead atoms. The number of aliphatic hydroxyl groups excluding tert-OH is 1. The number of hydrogen-bond donors (Lipinski definition) is 4. The molecule has 0 spiro atoms. The maximum Gasteiger partial charge on any atom is 0.176 e. The van der Waals surface area contributed by atoms with Gasteiger partial charge in [-0.3, -0.25) is 4.79 Å². The highest BCUT2D eigenvalue weighted by Gasteiger charge is 2.31. The fourth-order valence-electron chi connectivity index (χ4n) is 7.02. The number of fused-ring (bicyclic) bond motifs is 1. The van der Waals surface area contributed by atoms with Gasteiger partial charge in [-0.05, 0) is 82.5 Å². The molecule has 8 heteroatoms. The van der Waals surface area contributed by atoms with E-state index in [9.17, 15) is 20.1 Å². The monoisotopic (exact) mass is 671 g/mol. The molecule has 256 valence electrons. The van der Waals surface area contributed by atoms with Crippen molar-refractivity contribution in [3.05, 3.63) is 137 Å². The summed E-state index contributed by atoms with van der Waals surface area (Å²) in [6, 6.07) is 25.1. The van der Waals surface area contributed by atoms with E-state index in [0.29, 0.717) is 43.6 Å². The first kappa shape index (κ1) is 34.4. The highest BCUT2D eigenvalue weighted by Crippen LogP contribution is 2.38. The molecule has 3 unspecified atom stereocenters. The first-order valence-corrected chi connectivity index (χ1v) is 16.9. The molecule has 6 rings (SSSR count). The van der Waals surface area contributed by atoms with Crippen LogP contribution in [-0.4, -0.2) is 52.6 Å². The number of aromatic amines is 1. The summed E-state index contributed by atoms with van der Waals surface area (Å²) in [5.41, 5.74) is 5.71. The van der Waals surface area contributed by atoms with E-state index in [2.05, 4.69) is 34.2 Å². The number of aliphatic imine (C=N–C) groups is 1. The summed E-state index contributed by atoms with van der Waals surface area (Å²) in [4.78, 5) is 21.4. The second-order valence-electron chi connectivity index (χ2n) is 13.0. The number of carbonyl (C=O) groups is 1.